The second-order valence-electron chi connectivity index (χ2n) is 5.28. The van der Waals surface area contributed by atoms with Crippen molar-refractivity contribution in [1.82, 2.24) is 10.0 Å². The van der Waals surface area contributed by atoms with Crippen molar-refractivity contribution in [1.29, 1.82) is 0 Å². The van der Waals surface area contributed by atoms with Crippen LogP contribution in [0.1, 0.15) is 36.6 Å². The van der Waals surface area contributed by atoms with Crippen LogP contribution >= 0.6 is 0 Å². The number of hydrogen-bond acceptors (Lipinski definition) is 4. The van der Waals surface area contributed by atoms with Crippen molar-refractivity contribution in [2.75, 3.05) is 0 Å². The summed E-state index contributed by atoms with van der Waals surface area (Å²) in [5, 5.41) is 12.6. The van der Waals surface area contributed by atoms with Gasteiger partial charge in [-0.1, -0.05) is 30.3 Å². The zero-order valence-corrected chi connectivity index (χ0v) is 11.7. The summed E-state index contributed by atoms with van der Waals surface area (Å²) in [4.78, 5) is 36.1. The Morgan fingerprint density at radius 1 is 1.00 bits per heavy atom. The molecule has 1 aliphatic heterocycles. The van der Waals surface area contributed by atoms with Crippen molar-refractivity contribution in [2.24, 2.45) is 0 Å². The van der Waals surface area contributed by atoms with Crippen LogP contribution in [0.3, 0.4) is 0 Å². The van der Waals surface area contributed by atoms with Crippen LogP contribution in [0.2, 0.25) is 0 Å². The zero-order chi connectivity index (χ0) is 16.1. The predicted molar refractivity (Wildman–Crippen MR) is 80.8 cm³/mol. The number of nitrogens with one attached hydrogen (secondary N) is 1. The lowest BCUT2D eigenvalue weighted by Crippen LogP contribution is -2.19. The predicted octanol–water partition coefficient (Wildman–Crippen LogP) is 1.99. The molecule has 0 bridgehead atoms. The quantitative estimate of drug-likeness (QED) is 0.430. The highest BCUT2D eigenvalue weighted by Gasteiger charge is 2.29. The summed E-state index contributed by atoms with van der Waals surface area (Å²) in [5.74, 6) is -1.28. The smallest absolute Gasteiger partial charge is 0.259 e. The monoisotopic (exact) mass is 306 g/mol. The second kappa shape index (κ2) is 4.54. The normalized spacial score (nSPS) is 13.2. The van der Waals surface area contributed by atoms with Crippen molar-refractivity contribution in [2.45, 2.75) is 0 Å². The minimum Gasteiger partial charge on any atom is -0.428 e. The van der Waals surface area contributed by atoms with E-state index in [1.54, 1.807) is 30.3 Å². The maximum atomic E-state index is 12.6. The molecule has 0 radical (unpaired) electrons. The maximum Gasteiger partial charge on any atom is 0.259 e. The molecular weight excluding hydrogens is 296 g/mol. The molecule has 0 saturated carbocycles. The molecule has 1 aromatic heterocycles. The average molecular weight is 306 g/mol. The molecule has 23 heavy (non-hydrogen) atoms. The van der Waals surface area contributed by atoms with Gasteiger partial charge >= 0.3 is 0 Å². The Kier molecular flexibility index (Phi) is 2.62. The molecule has 0 fully saturated rings. The van der Waals surface area contributed by atoms with Gasteiger partial charge in [0, 0.05) is 10.9 Å². The van der Waals surface area contributed by atoms with Gasteiger partial charge in [0.15, 0.2) is 5.78 Å². The third kappa shape index (κ3) is 1.85. The van der Waals surface area contributed by atoms with Crippen LogP contribution in [-0.2, 0) is 0 Å². The first-order valence-corrected chi connectivity index (χ1v) is 6.90. The van der Waals surface area contributed by atoms with Gasteiger partial charge in [-0.05, 0) is 12.1 Å². The second-order valence-corrected chi connectivity index (χ2v) is 5.28. The fraction of sp³-hybridized carbons (Fsp3) is 0. The number of carbonyl (C=O) groups excluding carboxylic acids is 3. The summed E-state index contributed by atoms with van der Waals surface area (Å²) in [6, 6.07) is 11.5. The highest BCUT2D eigenvalue weighted by atomic mass is 16.5. The third-order valence-electron chi connectivity index (χ3n) is 3.92. The molecule has 2 heterocycles. The highest BCUT2D eigenvalue weighted by Crippen LogP contribution is 2.28. The molecule has 6 heteroatoms. The Morgan fingerprint density at radius 3 is 2.35 bits per heavy atom. The Morgan fingerprint density at radius 2 is 1.65 bits per heavy atom. The standard InChI is InChI=1S/C17H10N2O4/c20-15(9-4-2-1-3-5-9)13-8-19(23)14-7-12-11(6-10(13)14)16(21)18-17(12)22/h1-8,23H,(H,18,21,22). The Labute approximate surface area is 129 Å². The van der Waals surface area contributed by atoms with E-state index < -0.39 is 11.8 Å². The Balaban J connectivity index is 1.96. The molecule has 2 amide bonds. The minimum atomic E-state index is -0.510. The number of ketones is 1. The largest absolute Gasteiger partial charge is 0.428 e. The molecule has 6 nitrogen and oxygen atoms in total. The third-order valence-corrected chi connectivity index (χ3v) is 3.92. The van der Waals surface area contributed by atoms with E-state index in [4.69, 9.17) is 0 Å². The van der Waals surface area contributed by atoms with E-state index in [-0.39, 0.29) is 22.5 Å². The molecular formula is C17H10N2O4. The van der Waals surface area contributed by atoms with Crippen LogP contribution in [0.4, 0.5) is 0 Å². The SMILES string of the molecule is O=C1NC(=O)c2cc3c(cc21)c(C(=O)c1ccccc1)cn3O. The zero-order valence-electron chi connectivity index (χ0n) is 11.7. The van der Waals surface area contributed by atoms with E-state index in [2.05, 4.69) is 5.32 Å². The van der Waals surface area contributed by atoms with Gasteiger partial charge in [0.05, 0.1) is 28.4 Å². The van der Waals surface area contributed by atoms with Crippen LogP contribution in [0.5, 0.6) is 0 Å². The van der Waals surface area contributed by atoms with Gasteiger partial charge < -0.3 is 5.21 Å². The van der Waals surface area contributed by atoms with E-state index in [0.29, 0.717) is 16.5 Å². The lowest BCUT2D eigenvalue weighted by molar-refractivity contribution is 0.0878. The van der Waals surface area contributed by atoms with Crippen molar-refractivity contribution >= 4 is 28.5 Å². The maximum absolute atomic E-state index is 12.6. The number of aromatic nitrogens is 1. The molecule has 1 aliphatic rings. The van der Waals surface area contributed by atoms with Gasteiger partial charge in [0.25, 0.3) is 11.8 Å². The van der Waals surface area contributed by atoms with Gasteiger partial charge in [0.1, 0.15) is 0 Å². The topological polar surface area (TPSA) is 88.4 Å². The van der Waals surface area contributed by atoms with E-state index in [1.165, 1.54) is 18.3 Å². The fourth-order valence-corrected chi connectivity index (χ4v) is 2.79. The van der Waals surface area contributed by atoms with Gasteiger partial charge in [-0.2, -0.15) is 4.73 Å². The first-order chi connectivity index (χ1) is 11.1. The summed E-state index contributed by atoms with van der Waals surface area (Å²) in [5.41, 5.74) is 1.43. The minimum absolute atomic E-state index is 0.189. The Bertz CT molecular complexity index is 1000. The molecule has 0 unspecified atom stereocenters. The van der Waals surface area contributed by atoms with Gasteiger partial charge in [-0.15, -0.1) is 0 Å². The van der Waals surface area contributed by atoms with Crippen molar-refractivity contribution in [3.05, 3.63) is 70.9 Å². The van der Waals surface area contributed by atoms with Gasteiger partial charge in [-0.25, -0.2) is 0 Å². The molecule has 2 N–H and O–H groups in total. The summed E-state index contributed by atoms with van der Waals surface area (Å²) < 4.78 is 0.794. The first-order valence-electron chi connectivity index (χ1n) is 6.90. The van der Waals surface area contributed by atoms with E-state index in [0.717, 1.165) is 4.73 Å². The lowest BCUT2D eigenvalue weighted by Gasteiger charge is -2.00. The van der Waals surface area contributed by atoms with Gasteiger partial charge in [-0.3, -0.25) is 19.7 Å². The highest BCUT2D eigenvalue weighted by molar-refractivity contribution is 6.24. The number of fused-ring (bicyclic) bond motifs is 2. The fourth-order valence-electron chi connectivity index (χ4n) is 2.79. The molecule has 2 aromatic carbocycles. The van der Waals surface area contributed by atoms with E-state index in [9.17, 15) is 19.6 Å². The van der Waals surface area contributed by atoms with Crippen molar-refractivity contribution in [3.8, 4) is 0 Å². The van der Waals surface area contributed by atoms with Crippen molar-refractivity contribution in [3.63, 3.8) is 0 Å². The number of hydrogen-bond donors (Lipinski definition) is 2. The number of imide groups is 1. The van der Waals surface area contributed by atoms with E-state index >= 15 is 0 Å². The lowest BCUT2D eigenvalue weighted by atomic mass is 10.00. The van der Waals surface area contributed by atoms with Crippen LogP contribution in [0.25, 0.3) is 10.9 Å². The molecule has 4 rings (SSSR count). The summed E-state index contributed by atoms with van der Waals surface area (Å²) in [6.07, 6.45) is 1.29. The number of amides is 2. The summed E-state index contributed by atoms with van der Waals surface area (Å²) in [7, 11) is 0. The molecule has 0 saturated heterocycles. The van der Waals surface area contributed by atoms with E-state index in [1.807, 2.05) is 0 Å². The summed E-state index contributed by atoms with van der Waals surface area (Å²) >= 11 is 0. The van der Waals surface area contributed by atoms with Gasteiger partial charge in [0.2, 0.25) is 0 Å². The van der Waals surface area contributed by atoms with Crippen LogP contribution in [0, 0.1) is 0 Å². The van der Waals surface area contributed by atoms with Crippen LogP contribution in [-0.4, -0.2) is 27.5 Å². The number of nitrogens with zero attached hydrogens (tertiary/aromatic N) is 1. The number of benzene rings is 2. The summed E-state index contributed by atoms with van der Waals surface area (Å²) in [6.45, 7) is 0. The molecule has 112 valence electrons. The first kappa shape index (κ1) is 13.3. The van der Waals surface area contributed by atoms with Crippen LogP contribution in [0.15, 0.2) is 48.7 Å². The molecule has 3 aromatic rings. The average Bonchev–Trinajstić information content (AvgIpc) is 3.04. The molecule has 0 atom stereocenters. The Hall–Kier alpha value is -3.41. The number of carbonyl (C=O) groups is 3. The van der Waals surface area contributed by atoms with Crippen molar-refractivity contribution < 1.29 is 19.6 Å². The van der Waals surface area contributed by atoms with Crippen LogP contribution < -0.4 is 5.32 Å². The molecule has 0 aliphatic carbocycles. The number of rotatable bonds is 2. The molecule has 0 spiro atoms.